The molecule has 0 saturated heterocycles. The van der Waals surface area contributed by atoms with E-state index in [0.29, 0.717) is 5.92 Å². The summed E-state index contributed by atoms with van der Waals surface area (Å²) in [5, 5.41) is 0. The zero-order chi connectivity index (χ0) is 12.1. The van der Waals surface area contributed by atoms with Crippen LogP contribution in [-0.2, 0) is 0 Å². The van der Waals surface area contributed by atoms with Crippen LogP contribution in [0, 0.1) is 5.92 Å². The van der Waals surface area contributed by atoms with E-state index < -0.39 is 0 Å². The van der Waals surface area contributed by atoms with E-state index in [9.17, 15) is 0 Å². The van der Waals surface area contributed by atoms with Crippen molar-refractivity contribution in [2.75, 3.05) is 0 Å². The van der Waals surface area contributed by atoms with Gasteiger partial charge >= 0.3 is 0 Å². The molecule has 1 rings (SSSR count). The van der Waals surface area contributed by atoms with E-state index in [0.717, 1.165) is 12.2 Å². The third-order valence-corrected chi connectivity index (χ3v) is 2.89. The highest BCUT2D eigenvalue weighted by Crippen LogP contribution is 2.24. The Hall–Kier alpha value is -1.02. The Balaban J connectivity index is 2.70. The van der Waals surface area contributed by atoms with Gasteiger partial charge in [0.15, 0.2) is 0 Å². The van der Waals surface area contributed by atoms with Crippen LogP contribution in [0.2, 0.25) is 0 Å². The molecule has 0 saturated carbocycles. The Morgan fingerprint density at radius 1 is 1.12 bits per heavy atom. The minimum absolute atomic E-state index is 0.123. The van der Waals surface area contributed by atoms with Crippen LogP contribution in [-0.4, -0.2) is 6.10 Å². The lowest BCUT2D eigenvalue weighted by atomic mass is 9.93. The summed E-state index contributed by atoms with van der Waals surface area (Å²) in [6.07, 6.45) is 1.32. The second-order valence-electron chi connectivity index (χ2n) is 4.65. The van der Waals surface area contributed by atoms with Gasteiger partial charge in [-0.3, -0.25) is 0 Å². The van der Waals surface area contributed by atoms with Crippen LogP contribution < -0.4 is 10.5 Å². The number of nitrogens with two attached hydrogens (primary N) is 1. The Morgan fingerprint density at radius 3 is 2.12 bits per heavy atom. The third-order valence-electron chi connectivity index (χ3n) is 2.89. The van der Waals surface area contributed by atoms with E-state index in [1.165, 1.54) is 5.56 Å². The SMILES string of the molecule is CCC(C)[C@@H](N)c1ccc(OC(C)C)cc1. The molecule has 1 aromatic carbocycles. The molecule has 0 aliphatic heterocycles. The molecule has 16 heavy (non-hydrogen) atoms. The van der Waals surface area contributed by atoms with Crippen LogP contribution >= 0.6 is 0 Å². The van der Waals surface area contributed by atoms with E-state index in [1.54, 1.807) is 0 Å². The predicted octanol–water partition coefficient (Wildman–Crippen LogP) is 3.52. The fourth-order valence-corrected chi connectivity index (χ4v) is 1.62. The summed E-state index contributed by atoms with van der Waals surface area (Å²) in [4.78, 5) is 0. The number of hydrogen-bond donors (Lipinski definition) is 1. The molecule has 0 aromatic heterocycles. The number of rotatable bonds is 5. The van der Waals surface area contributed by atoms with E-state index in [4.69, 9.17) is 10.5 Å². The maximum atomic E-state index is 6.16. The second kappa shape index (κ2) is 5.90. The first-order valence-corrected chi connectivity index (χ1v) is 6.06. The fourth-order valence-electron chi connectivity index (χ4n) is 1.62. The molecule has 0 bridgehead atoms. The van der Waals surface area contributed by atoms with E-state index >= 15 is 0 Å². The second-order valence-corrected chi connectivity index (χ2v) is 4.65. The lowest BCUT2D eigenvalue weighted by Crippen LogP contribution is -2.18. The van der Waals surface area contributed by atoms with Crippen molar-refractivity contribution in [1.82, 2.24) is 0 Å². The van der Waals surface area contributed by atoms with Crippen molar-refractivity contribution < 1.29 is 4.74 Å². The molecular formula is C14H23NO. The van der Waals surface area contributed by atoms with Crippen molar-refractivity contribution in [3.8, 4) is 5.75 Å². The summed E-state index contributed by atoms with van der Waals surface area (Å²) in [5.74, 6) is 1.42. The molecule has 0 aliphatic rings. The minimum atomic E-state index is 0.123. The average molecular weight is 221 g/mol. The van der Waals surface area contributed by atoms with E-state index in [-0.39, 0.29) is 12.1 Å². The fraction of sp³-hybridized carbons (Fsp3) is 0.571. The van der Waals surface area contributed by atoms with Crippen molar-refractivity contribution in [3.63, 3.8) is 0 Å². The summed E-state index contributed by atoms with van der Waals surface area (Å²) < 4.78 is 5.59. The highest BCUT2D eigenvalue weighted by molar-refractivity contribution is 5.29. The summed E-state index contributed by atoms with van der Waals surface area (Å²) in [6.45, 7) is 8.40. The number of ether oxygens (including phenoxy) is 1. The van der Waals surface area contributed by atoms with Crippen molar-refractivity contribution in [2.45, 2.75) is 46.3 Å². The van der Waals surface area contributed by atoms with Gasteiger partial charge in [-0.2, -0.15) is 0 Å². The summed E-state index contributed by atoms with van der Waals surface area (Å²) in [5.41, 5.74) is 7.35. The minimum Gasteiger partial charge on any atom is -0.491 e. The van der Waals surface area contributed by atoms with Gasteiger partial charge in [0, 0.05) is 6.04 Å². The van der Waals surface area contributed by atoms with Gasteiger partial charge in [-0.05, 0) is 37.5 Å². The lowest BCUT2D eigenvalue weighted by Gasteiger charge is -2.19. The summed E-state index contributed by atoms with van der Waals surface area (Å²) in [6, 6.07) is 8.25. The van der Waals surface area contributed by atoms with Gasteiger partial charge in [-0.15, -0.1) is 0 Å². The van der Waals surface area contributed by atoms with Gasteiger partial charge in [0.1, 0.15) is 5.75 Å². The Bertz CT molecular complexity index is 305. The normalized spacial score (nSPS) is 14.9. The van der Waals surface area contributed by atoms with Crippen LogP contribution in [0.5, 0.6) is 5.75 Å². The Labute approximate surface area is 98.8 Å². The van der Waals surface area contributed by atoms with E-state index in [2.05, 4.69) is 26.0 Å². The first-order chi connectivity index (χ1) is 7.54. The molecule has 90 valence electrons. The van der Waals surface area contributed by atoms with Crippen molar-refractivity contribution >= 4 is 0 Å². The van der Waals surface area contributed by atoms with Gasteiger partial charge < -0.3 is 10.5 Å². The molecule has 0 fully saturated rings. The highest BCUT2D eigenvalue weighted by Gasteiger charge is 2.12. The van der Waals surface area contributed by atoms with Crippen molar-refractivity contribution in [2.24, 2.45) is 11.7 Å². The maximum absolute atomic E-state index is 6.16. The van der Waals surface area contributed by atoms with Gasteiger partial charge in [0.25, 0.3) is 0 Å². The molecule has 0 amide bonds. The number of benzene rings is 1. The zero-order valence-electron chi connectivity index (χ0n) is 10.7. The molecule has 1 unspecified atom stereocenters. The topological polar surface area (TPSA) is 35.2 Å². The standard InChI is InChI=1S/C14H23NO/c1-5-11(4)14(15)12-6-8-13(9-7-12)16-10(2)3/h6-11,14H,5,15H2,1-4H3/t11?,14-/m1/s1. The van der Waals surface area contributed by atoms with Crippen LogP contribution in [0.3, 0.4) is 0 Å². The van der Waals surface area contributed by atoms with Crippen LogP contribution in [0.25, 0.3) is 0 Å². The average Bonchev–Trinajstić information content (AvgIpc) is 2.27. The molecule has 2 atom stereocenters. The molecule has 0 aliphatic carbocycles. The molecule has 0 spiro atoms. The van der Waals surface area contributed by atoms with Crippen molar-refractivity contribution in [3.05, 3.63) is 29.8 Å². The maximum Gasteiger partial charge on any atom is 0.119 e. The number of hydrogen-bond acceptors (Lipinski definition) is 2. The molecule has 2 nitrogen and oxygen atoms in total. The molecule has 0 radical (unpaired) electrons. The third kappa shape index (κ3) is 3.53. The Morgan fingerprint density at radius 2 is 1.69 bits per heavy atom. The quantitative estimate of drug-likeness (QED) is 0.825. The molecule has 1 aromatic rings. The Kier molecular flexibility index (Phi) is 4.81. The molecule has 2 N–H and O–H groups in total. The summed E-state index contributed by atoms with van der Waals surface area (Å²) in [7, 11) is 0. The molecular weight excluding hydrogens is 198 g/mol. The van der Waals surface area contributed by atoms with Gasteiger partial charge in [-0.25, -0.2) is 0 Å². The highest BCUT2D eigenvalue weighted by atomic mass is 16.5. The van der Waals surface area contributed by atoms with E-state index in [1.807, 2.05) is 26.0 Å². The van der Waals surface area contributed by atoms with Gasteiger partial charge in [0.05, 0.1) is 6.10 Å². The lowest BCUT2D eigenvalue weighted by molar-refractivity contribution is 0.242. The van der Waals surface area contributed by atoms with Crippen LogP contribution in [0.1, 0.15) is 45.7 Å². The van der Waals surface area contributed by atoms with Gasteiger partial charge in [-0.1, -0.05) is 32.4 Å². The zero-order valence-corrected chi connectivity index (χ0v) is 10.7. The molecule has 0 heterocycles. The van der Waals surface area contributed by atoms with Crippen LogP contribution in [0.4, 0.5) is 0 Å². The van der Waals surface area contributed by atoms with Gasteiger partial charge in [0.2, 0.25) is 0 Å². The van der Waals surface area contributed by atoms with Crippen molar-refractivity contribution in [1.29, 1.82) is 0 Å². The predicted molar refractivity (Wildman–Crippen MR) is 68.6 cm³/mol. The first-order valence-electron chi connectivity index (χ1n) is 6.06. The first kappa shape index (κ1) is 13.0. The smallest absolute Gasteiger partial charge is 0.119 e. The molecule has 2 heteroatoms. The van der Waals surface area contributed by atoms with Crippen LogP contribution in [0.15, 0.2) is 24.3 Å². The monoisotopic (exact) mass is 221 g/mol. The summed E-state index contributed by atoms with van der Waals surface area (Å²) >= 11 is 0. The largest absolute Gasteiger partial charge is 0.491 e.